The van der Waals surface area contributed by atoms with Gasteiger partial charge in [0.2, 0.25) is 5.91 Å². The summed E-state index contributed by atoms with van der Waals surface area (Å²) in [6.45, 7) is 4.03. The number of hydrogen-bond donors (Lipinski definition) is 1. The first-order valence-corrected chi connectivity index (χ1v) is 9.33. The molecular formula is C20H18N4OS. The summed E-state index contributed by atoms with van der Waals surface area (Å²) in [5.41, 5.74) is 4.89. The fourth-order valence-electron chi connectivity index (χ4n) is 2.98. The van der Waals surface area contributed by atoms with Crippen LogP contribution in [0, 0.1) is 13.8 Å². The molecule has 5 nitrogen and oxygen atoms in total. The molecule has 1 amide bonds. The van der Waals surface area contributed by atoms with Crippen molar-refractivity contribution in [2.75, 3.05) is 11.1 Å². The van der Waals surface area contributed by atoms with E-state index in [0.29, 0.717) is 5.16 Å². The molecule has 26 heavy (non-hydrogen) atoms. The Labute approximate surface area is 155 Å². The van der Waals surface area contributed by atoms with Crippen LogP contribution in [0.3, 0.4) is 0 Å². The van der Waals surface area contributed by atoms with E-state index in [4.69, 9.17) is 0 Å². The van der Waals surface area contributed by atoms with Gasteiger partial charge in [0.15, 0.2) is 10.8 Å². The molecule has 0 fully saturated rings. The van der Waals surface area contributed by atoms with E-state index in [-0.39, 0.29) is 11.7 Å². The zero-order chi connectivity index (χ0) is 18.1. The van der Waals surface area contributed by atoms with Crippen molar-refractivity contribution in [1.29, 1.82) is 0 Å². The quantitative estimate of drug-likeness (QED) is 0.552. The van der Waals surface area contributed by atoms with Crippen LogP contribution in [-0.2, 0) is 4.79 Å². The molecule has 2 aromatic carbocycles. The number of rotatable bonds is 4. The molecule has 130 valence electrons. The lowest BCUT2D eigenvalue weighted by atomic mass is 10.1. The van der Waals surface area contributed by atoms with E-state index in [2.05, 4.69) is 27.6 Å². The topological polar surface area (TPSA) is 59.3 Å². The lowest BCUT2D eigenvalue weighted by Crippen LogP contribution is -2.15. The van der Waals surface area contributed by atoms with Crippen LogP contribution in [0.15, 0.2) is 59.8 Å². The molecule has 0 atom stereocenters. The number of aryl methyl sites for hydroxylation is 2. The van der Waals surface area contributed by atoms with E-state index in [1.54, 1.807) is 0 Å². The molecule has 0 radical (unpaired) electrons. The van der Waals surface area contributed by atoms with Gasteiger partial charge in [-0.3, -0.25) is 9.20 Å². The van der Waals surface area contributed by atoms with Crippen LogP contribution in [0.2, 0.25) is 0 Å². The van der Waals surface area contributed by atoms with Gasteiger partial charge in [-0.1, -0.05) is 47.7 Å². The standard InChI is InChI=1S/C20H18N4OS/c1-13-7-9-16(14(2)11-13)21-19(25)12-26-20-23-22-18-10-8-15-5-3-4-6-17(15)24(18)20/h3-11H,12H2,1-2H3,(H,21,25). The Kier molecular flexibility index (Phi) is 4.34. The number of pyridine rings is 1. The summed E-state index contributed by atoms with van der Waals surface area (Å²) in [5.74, 6) is 0.219. The molecule has 0 saturated heterocycles. The number of carbonyl (C=O) groups is 1. The largest absolute Gasteiger partial charge is 0.325 e. The molecule has 6 heteroatoms. The normalized spacial score (nSPS) is 11.2. The zero-order valence-corrected chi connectivity index (χ0v) is 15.4. The molecule has 0 aliphatic rings. The van der Waals surface area contributed by atoms with Gasteiger partial charge in [0.1, 0.15) is 0 Å². The Bertz CT molecular complexity index is 1120. The predicted molar refractivity (Wildman–Crippen MR) is 106 cm³/mol. The van der Waals surface area contributed by atoms with Gasteiger partial charge in [0, 0.05) is 5.69 Å². The fourth-order valence-corrected chi connectivity index (χ4v) is 3.73. The monoisotopic (exact) mass is 362 g/mol. The van der Waals surface area contributed by atoms with Gasteiger partial charge in [-0.2, -0.15) is 0 Å². The highest BCUT2D eigenvalue weighted by atomic mass is 32.2. The lowest BCUT2D eigenvalue weighted by molar-refractivity contribution is -0.113. The second kappa shape index (κ2) is 6.80. The molecule has 1 N–H and O–H groups in total. The Morgan fingerprint density at radius 2 is 1.92 bits per heavy atom. The van der Waals surface area contributed by atoms with E-state index in [1.807, 2.05) is 60.7 Å². The van der Waals surface area contributed by atoms with Crippen LogP contribution >= 0.6 is 11.8 Å². The number of anilines is 1. The molecule has 0 bridgehead atoms. The van der Waals surface area contributed by atoms with Gasteiger partial charge in [0.05, 0.1) is 11.3 Å². The highest BCUT2D eigenvalue weighted by molar-refractivity contribution is 7.99. The van der Waals surface area contributed by atoms with Crippen LogP contribution in [0.5, 0.6) is 0 Å². The fraction of sp³-hybridized carbons (Fsp3) is 0.150. The number of hydrogen-bond acceptors (Lipinski definition) is 4. The van der Waals surface area contributed by atoms with E-state index >= 15 is 0 Å². The van der Waals surface area contributed by atoms with Crippen molar-refractivity contribution < 1.29 is 4.79 Å². The minimum absolute atomic E-state index is 0.0565. The van der Waals surface area contributed by atoms with Crippen LogP contribution in [0.25, 0.3) is 16.6 Å². The van der Waals surface area contributed by atoms with Crippen molar-refractivity contribution in [3.8, 4) is 0 Å². The Morgan fingerprint density at radius 3 is 2.77 bits per heavy atom. The van der Waals surface area contributed by atoms with E-state index in [9.17, 15) is 4.79 Å². The number of fused-ring (bicyclic) bond motifs is 3. The van der Waals surface area contributed by atoms with Gasteiger partial charge >= 0.3 is 0 Å². The first kappa shape index (κ1) is 16.6. The average Bonchev–Trinajstić information content (AvgIpc) is 3.06. The molecule has 0 aliphatic heterocycles. The number of amides is 1. The van der Waals surface area contributed by atoms with E-state index in [1.165, 1.54) is 17.3 Å². The Morgan fingerprint density at radius 1 is 1.08 bits per heavy atom. The Balaban J connectivity index is 1.54. The van der Waals surface area contributed by atoms with Crippen molar-refractivity contribution in [2.45, 2.75) is 19.0 Å². The number of benzene rings is 2. The molecule has 2 aromatic heterocycles. The molecule has 0 aliphatic carbocycles. The molecule has 2 heterocycles. The summed E-state index contributed by atoms with van der Waals surface area (Å²) in [4.78, 5) is 12.4. The summed E-state index contributed by atoms with van der Waals surface area (Å²) in [5, 5.41) is 13.3. The third kappa shape index (κ3) is 3.15. The maximum absolute atomic E-state index is 12.4. The second-order valence-electron chi connectivity index (χ2n) is 6.22. The van der Waals surface area contributed by atoms with Crippen molar-refractivity contribution in [2.24, 2.45) is 0 Å². The van der Waals surface area contributed by atoms with Crippen molar-refractivity contribution in [3.63, 3.8) is 0 Å². The van der Waals surface area contributed by atoms with Gasteiger partial charge in [-0.15, -0.1) is 10.2 Å². The first-order valence-electron chi connectivity index (χ1n) is 8.34. The van der Waals surface area contributed by atoms with Crippen LogP contribution in [0.1, 0.15) is 11.1 Å². The lowest BCUT2D eigenvalue weighted by Gasteiger charge is -2.09. The van der Waals surface area contributed by atoms with E-state index in [0.717, 1.165) is 27.8 Å². The third-order valence-corrected chi connectivity index (χ3v) is 5.17. The molecule has 0 spiro atoms. The number of nitrogens with one attached hydrogen (secondary N) is 1. The van der Waals surface area contributed by atoms with Crippen LogP contribution in [0.4, 0.5) is 5.69 Å². The minimum Gasteiger partial charge on any atom is -0.325 e. The van der Waals surface area contributed by atoms with Crippen LogP contribution in [-0.4, -0.2) is 26.3 Å². The Hall–Kier alpha value is -2.86. The molecule has 0 unspecified atom stereocenters. The number of para-hydroxylation sites is 1. The third-order valence-electron chi connectivity index (χ3n) is 4.24. The molecule has 0 saturated carbocycles. The van der Waals surface area contributed by atoms with Crippen molar-refractivity contribution in [3.05, 3.63) is 65.7 Å². The SMILES string of the molecule is Cc1ccc(NC(=O)CSc2nnc3ccc4ccccc4n23)c(C)c1. The van der Waals surface area contributed by atoms with Gasteiger partial charge in [-0.25, -0.2) is 0 Å². The average molecular weight is 362 g/mol. The minimum atomic E-state index is -0.0565. The highest BCUT2D eigenvalue weighted by Gasteiger charge is 2.12. The summed E-state index contributed by atoms with van der Waals surface area (Å²) in [7, 11) is 0. The zero-order valence-electron chi connectivity index (χ0n) is 14.6. The molecule has 4 aromatic rings. The number of carbonyl (C=O) groups excluding carboxylic acids is 1. The summed E-state index contributed by atoms with van der Waals surface area (Å²) >= 11 is 1.39. The van der Waals surface area contributed by atoms with E-state index < -0.39 is 0 Å². The first-order chi connectivity index (χ1) is 12.6. The van der Waals surface area contributed by atoms with Gasteiger partial charge in [0.25, 0.3) is 0 Å². The maximum Gasteiger partial charge on any atom is 0.234 e. The maximum atomic E-state index is 12.4. The second-order valence-corrected chi connectivity index (χ2v) is 7.17. The number of thioether (sulfide) groups is 1. The van der Waals surface area contributed by atoms with Gasteiger partial charge in [-0.05, 0) is 49.1 Å². The smallest absolute Gasteiger partial charge is 0.234 e. The predicted octanol–water partition coefficient (Wildman–Crippen LogP) is 4.23. The summed E-state index contributed by atoms with van der Waals surface area (Å²) in [6, 6.07) is 18.0. The summed E-state index contributed by atoms with van der Waals surface area (Å²) < 4.78 is 1.99. The summed E-state index contributed by atoms with van der Waals surface area (Å²) in [6.07, 6.45) is 0. The van der Waals surface area contributed by atoms with Gasteiger partial charge < -0.3 is 5.32 Å². The molecule has 4 rings (SSSR count). The van der Waals surface area contributed by atoms with Crippen molar-refractivity contribution >= 4 is 39.9 Å². The van der Waals surface area contributed by atoms with Crippen LogP contribution < -0.4 is 5.32 Å². The number of nitrogens with zero attached hydrogens (tertiary/aromatic N) is 3. The number of aromatic nitrogens is 3. The molecular weight excluding hydrogens is 344 g/mol. The van der Waals surface area contributed by atoms with Crippen molar-refractivity contribution in [1.82, 2.24) is 14.6 Å². The highest BCUT2D eigenvalue weighted by Crippen LogP contribution is 2.23.